The van der Waals surface area contributed by atoms with Crippen molar-refractivity contribution in [2.45, 2.75) is 30.5 Å². The van der Waals surface area contributed by atoms with Gasteiger partial charge in [-0.05, 0) is 50.1 Å². The van der Waals surface area contributed by atoms with E-state index in [-0.39, 0.29) is 28.7 Å². The lowest BCUT2D eigenvalue weighted by atomic mass is 9.99. The summed E-state index contributed by atoms with van der Waals surface area (Å²) in [5, 5.41) is 0. The molecule has 1 amide bonds. The van der Waals surface area contributed by atoms with Crippen molar-refractivity contribution in [2.75, 3.05) is 26.8 Å². The van der Waals surface area contributed by atoms with Gasteiger partial charge in [0.25, 0.3) is 15.9 Å². The minimum atomic E-state index is -3.78. The molecule has 0 radical (unpaired) electrons. The summed E-state index contributed by atoms with van der Waals surface area (Å²) in [6.07, 6.45) is 0.983. The Hall–Kier alpha value is -2.58. The van der Waals surface area contributed by atoms with E-state index in [1.54, 1.807) is 29.7 Å². The molecule has 1 saturated heterocycles. The molecular weight excluding hydrogens is 562 g/mol. The van der Waals surface area contributed by atoms with E-state index in [1.165, 1.54) is 23.5 Å². The molecule has 37 heavy (non-hydrogen) atoms. The number of amides is 1. The van der Waals surface area contributed by atoms with Crippen molar-refractivity contribution in [3.05, 3.63) is 45.0 Å². The van der Waals surface area contributed by atoms with E-state index in [1.807, 2.05) is 0 Å². The van der Waals surface area contributed by atoms with Gasteiger partial charge in [0.1, 0.15) is 10.8 Å². The van der Waals surface area contributed by atoms with Crippen molar-refractivity contribution in [1.82, 2.24) is 8.87 Å². The maximum absolute atomic E-state index is 13.2. The number of piperidine rings is 1. The Balaban J connectivity index is 1.67. The third-order valence-corrected chi connectivity index (χ3v) is 10.4. The molecule has 3 aromatic rings. The van der Waals surface area contributed by atoms with Gasteiger partial charge in [-0.1, -0.05) is 22.9 Å². The number of ether oxygens (including phenoxy) is 2. The van der Waals surface area contributed by atoms with Crippen LogP contribution in [0.25, 0.3) is 10.2 Å². The third kappa shape index (κ3) is 5.96. The van der Waals surface area contributed by atoms with Gasteiger partial charge in [0.2, 0.25) is 0 Å². The lowest BCUT2D eigenvalue weighted by Gasteiger charge is -2.29. The number of carbonyl (C=O) groups excluding carboxylic acids is 3. The first-order valence-corrected chi connectivity index (χ1v) is 14.8. The van der Waals surface area contributed by atoms with Crippen molar-refractivity contribution >= 4 is 72.4 Å². The average Bonchev–Trinajstić information content (AvgIpc) is 3.47. The summed E-state index contributed by atoms with van der Waals surface area (Å²) in [6.45, 7) is 2.00. The monoisotopic (exact) mass is 585 g/mol. The Morgan fingerprint density at radius 2 is 1.97 bits per heavy atom. The number of benzene rings is 1. The fourth-order valence-corrected chi connectivity index (χ4v) is 8.24. The standard InChI is InChI=1S/C23H24ClN3O7S3/c1-3-34-19(28)13-27-16-7-6-14(22(30)33-2)11-17(16)35-23(27)25-21(29)15-5-4-10-26(12-15)37(31,32)20-9-8-18(24)36-20/h6-9,11,15H,3-5,10,12-13H2,1-2H3. The molecule has 1 aliphatic rings. The minimum Gasteiger partial charge on any atom is -0.465 e. The molecule has 10 nitrogen and oxygen atoms in total. The van der Waals surface area contributed by atoms with E-state index < -0.39 is 33.8 Å². The molecule has 0 spiro atoms. The molecule has 14 heteroatoms. The molecule has 0 N–H and O–H groups in total. The summed E-state index contributed by atoms with van der Waals surface area (Å²) in [7, 11) is -2.50. The quantitative estimate of drug-likeness (QED) is 0.390. The van der Waals surface area contributed by atoms with Crippen molar-refractivity contribution in [3.8, 4) is 0 Å². The largest absolute Gasteiger partial charge is 0.465 e. The van der Waals surface area contributed by atoms with E-state index in [0.29, 0.717) is 39.5 Å². The zero-order chi connectivity index (χ0) is 26.7. The van der Waals surface area contributed by atoms with Crippen LogP contribution in [0.2, 0.25) is 4.34 Å². The Labute approximate surface area is 226 Å². The van der Waals surface area contributed by atoms with Gasteiger partial charge in [0, 0.05) is 13.1 Å². The molecule has 1 unspecified atom stereocenters. The summed E-state index contributed by atoms with van der Waals surface area (Å²) in [4.78, 5) is 42.0. The molecule has 1 aliphatic heterocycles. The van der Waals surface area contributed by atoms with Gasteiger partial charge in [-0.25, -0.2) is 13.2 Å². The van der Waals surface area contributed by atoms with Crippen LogP contribution >= 0.6 is 34.3 Å². The number of hydrogen-bond acceptors (Lipinski definition) is 9. The first kappa shape index (κ1) is 27.5. The lowest BCUT2D eigenvalue weighted by Crippen LogP contribution is -2.42. The molecule has 1 fully saturated rings. The van der Waals surface area contributed by atoms with E-state index in [2.05, 4.69) is 4.99 Å². The highest BCUT2D eigenvalue weighted by molar-refractivity contribution is 7.91. The maximum Gasteiger partial charge on any atom is 0.337 e. The zero-order valence-corrected chi connectivity index (χ0v) is 23.2. The molecule has 1 atom stereocenters. The smallest absolute Gasteiger partial charge is 0.337 e. The fourth-order valence-electron chi connectivity index (χ4n) is 4.00. The Morgan fingerprint density at radius 3 is 2.65 bits per heavy atom. The number of thiophene rings is 1. The first-order chi connectivity index (χ1) is 17.6. The number of nitrogens with zero attached hydrogens (tertiary/aromatic N) is 3. The van der Waals surface area contributed by atoms with Crippen LogP contribution in [0.1, 0.15) is 30.1 Å². The predicted octanol–water partition coefficient (Wildman–Crippen LogP) is 3.30. The number of aromatic nitrogens is 1. The summed E-state index contributed by atoms with van der Waals surface area (Å²) >= 11 is 8.03. The summed E-state index contributed by atoms with van der Waals surface area (Å²) < 4.78 is 39.9. The second-order valence-corrected chi connectivity index (χ2v) is 13.0. The molecule has 3 heterocycles. The molecule has 198 valence electrons. The number of rotatable bonds is 7. The Bertz CT molecular complexity index is 1520. The molecule has 0 aliphatic carbocycles. The molecule has 2 aromatic heterocycles. The molecule has 1 aromatic carbocycles. The third-order valence-electron chi connectivity index (χ3n) is 5.78. The number of fused-ring (bicyclic) bond motifs is 1. The number of halogens is 1. The van der Waals surface area contributed by atoms with Crippen LogP contribution in [0.3, 0.4) is 0 Å². The molecular formula is C23H24ClN3O7S3. The Kier molecular flexibility index (Phi) is 8.49. The van der Waals surface area contributed by atoms with Gasteiger partial charge in [0.05, 0.1) is 39.8 Å². The molecule has 4 rings (SSSR count). The maximum atomic E-state index is 13.2. The number of hydrogen-bond donors (Lipinski definition) is 0. The van der Waals surface area contributed by atoms with Crippen molar-refractivity contribution in [3.63, 3.8) is 0 Å². The van der Waals surface area contributed by atoms with E-state index in [9.17, 15) is 22.8 Å². The van der Waals surface area contributed by atoms with Crippen molar-refractivity contribution < 1.29 is 32.3 Å². The van der Waals surface area contributed by atoms with Crippen LogP contribution in [0.5, 0.6) is 0 Å². The highest BCUT2D eigenvalue weighted by Crippen LogP contribution is 2.31. The van der Waals surface area contributed by atoms with E-state index >= 15 is 0 Å². The molecule has 0 bridgehead atoms. The zero-order valence-electron chi connectivity index (χ0n) is 20.0. The highest BCUT2D eigenvalue weighted by atomic mass is 35.5. The van der Waals surface area contributed by atoms with Gasteiger partial charge in [-0.2, -0.15) is 9.30 Å². The van der Waals surface area contributed by atoms with Crippen LogP contribution in [-0.2, 0) is 35.6 Å². The van der Waals surface area contributed by atoms with Crippen LogP contribution in [0.15, 0.2) is 39.5 Å². The van der Waals surface area contributed by atoms with Gasteiger partial charge in [0.15, 0.2) is 4.80 Å². The average molecular weight is 586 g/mol. The number of carbonyl (C=O) groups is 3. The van der Waals surface area contributed by atoms with Gasteiger partial charge < -0.3 is 14.0 Å². The molecule has 0 saturated carbocycles. The summed E-state index contributed by atoms with van der Waals surface area (Å²) in [6, 6.07) is 7.81. The van der Waals surface area contributed by atoms with Crippen LogP contribution < -0.4 is 4.80 Å². The van der Waals surface area contributed by atoms with Crippen LogP contribution in [0, 0.1) is 5.92 Å². The number of sulfonamides is 1. The van der Waals surface area contributed by atoms with Crippen LogP contribution in [0.4, 0.5) is 0 Å². The van der Waals surface area contributed by atoms with Gasteiger partial charge in [-0.15, -0.1) is 11.3 Å². The SMILES string of the molecule is CCOC(=O)Cn1c(=NC(=O)C2CCCN(S(=O)(=O)c3ccc(Cl)s3)C2)sc2cc(C(=O)OC)ccc21. The van der Waals surface area contributed by atoms with Crippen molar-refractivity contribution in [1.29, 1.82) is 0 Å². The van der Waals surface area contributed by atoms with Gasteiger partial charge in [-0.3, -0.25) is 9.59 Å². The second kappa shape index (κ2) is 11.4. The van der Waals surface area contributed by atoms with Crippen molar-refractivity contribution in [2.24, 2.45) is 10.9 Å². The number of methoxy groups -OCH3 is 1. The highest BCUT2D eigenvalue weighted by Gasteiger charge is 2.34. The lowest BCUT2D eigenvalue weighted by molar-refractivity contribution is -0.143. The normalized spacial score (nSPS) is 17.2. The fraction of sp³-hybridized carbons (Fsp3) is 0.391. The van der Waals surface area contributed by atoms with Crippen LogP contribution in [-0.4, -0.2) is 61.9 Å². The summed E-state index contributed by atoms with van der Waals surface area (Å²) in [5.41, 5.74) is 0.916. The number of thiazole rings is 1. The number of esters is 2. The van der Waals surface area contributed by atoms with E-state index in [4.69, 9.17) is 21.1 Å². The Morgan fingerprint density at radius 1 is 1.19 bits per heavy atom. The predicted molar refractivity (Wildman–Crippen MR) is 139 cm³/mol. The van der Waals surface area contributed by atoms with E-state index in [0.717, 1.165) is 22.7 Å². The first-order valence-electron chi connectivity index (χ1n) is 11.4. The van der Waals surface area contributed by atoms with Gasteiger partial charge >= 0.3 is 11.9 Å². The minimum absolute atomic E-state index is 0.00452. The summed E-state index contributed by atoms with van der Waals surface area (Å²) in [5.74, 6) is -2.15. The topological polar surface area (TPSA) is 124 Å². The second-order valence-electron chi connectivity index (χ2n) is 8.16.